The summed E-state index contributed by atoms with van der Waals surface area (Å²) in [5.41, 5.74) is 1.27. The molecular formula is C23H27Cl2N5O6. The van der Waals surface area contributed by atoms with Gasteiger partial charge in [-0.2, -0.15) is 0 Å². The first-order valence-corrected chi connectivity index (χ1v) is 11.7. The van der Waals surface area contributed by atoms with Crippen molar-refractivity contribution in [2.75, 3.05) is 32.6 Å². The van der Waals surface area contributed by atoms with Crippen LogP contribution < -0.4 is 19.5 Å². The van der Waals surface area contributed by atoms with Gasteiger partial charge in [-0.1, -0.05) is 24.3 Å². The van der Waals surface area contributed by atoms with Crippen molar-refractivity contribution in [3.05, 3.63) is 48.5 Å². The Hall–Kier alpha value is -3.70. The minimum absolute atomic E-state index is 0.220. The van der Waals surface area contributed by atoms with Crippen LogP contribution in [-0.4, -0.2) is 58.2 Å². The SMILES string of the molecule is CCN(Cl)c1ccccc1NC(=O)N(C(=O)Nc1ccccc1N(Cl)CC)[C@@H](CCC(=O)O)C(=O)O. The average molecular weight is 540 g/mol. The largest absolute Gasteiger partial charge is 0.481 e. The van der Waals surface area contributed by atoms with E-state index in [0.717, 1.165) is 0 Å². The molecule has 0 heterocycles. The number of urea groups is 2. The molecule has 2 aromatic rings. The minimum Gasteiger partial charge on any atom is -0.481 e. The molecule has 0 aromatic heterocycles. The van der Waals surface area contributed by atoms with Gasteiger partial charge < -0.3 is 20.8 Å². The second-order valence-electron chi connectivity index (χ2n) is 7.41. The second-order valence-corrected chi connectivity index (χ2v) is 8.22. The van der Waals surface area contributed by atoms with Crippen LogP contribution >= 0.6 is 23.6 Å². The van der Waals surface area contributed by atoms with E-state index in [4.69, 9.17) is 28.7 Å². The summed E-state index contributed by atoms with van der Waals surface area (Å²) < 4.78 is 2.66. The number of aliphatic carboxylic acids is 2. The monoisotopic (exact) mass is 539 g/mol. The normalized spacial score (nSPS) is 11.2. The van der Waals surface area contributed by atoms with Crippen molar-refractivity contribution < 1.29 is 29.4 Å². The predicted octanol–water partition coefficient (Wildman–Crippen LogP) is 5.03. The number of carbonyl (C=O) groups excluding carboxylic acids is 2. The number of nitrogens with one attached hydrogen (secondary N) is 2. The fourth-order valence-corrected chi connectivity index (χ4v) is 3.57. The van der Waals surface area contributed by atoms with Crippen LogP contribution in [0, 0.1) is 0 Å². The predicted molar refractivity (Wildman–Crippen MR) is 139 cm³/mol. The number of nitrogens with zero attached hydrogens (tertiary/aromatic N) is 3. The summed E-state index contributed by atoms with van der Waals surface area (Å²) in [5.74, 6) is -2.83. The van der Waals surface area contributed by atoms with Gasteiger partial charge in [0.1, 0.15) is 6.04 Å². The van der Waals surface area contributed by atoms with Gasteiger partial charge in [0.25, 0.3) is 0 Å². The molecule has 0 aliphatic carbocycles. The van der Waals surface area contributed by atoms with Gasteiger partial charge in [-0.15, -0.1) is 0 Å². The molecule has 0 aliphatic heterocycles. The average Bonchev–Trinajstić information content (AvgIpc) is 2.85. The Labute approximate surface area is 218 Å². The standard InChI is InChI=1S/C23H27Cl2N5O6/c1-3-28(24)17-11-7-5-9-15(17)26-22(35)30(19(21(33)34)13-14-20(31)32)23(36)27-16-10-6-8-12-18(16)29(25)4-2/h5-12,19H,3-4,13-14H2,1-2H3,(H,26,35)(H,27,36)(H,31,32)(H,33,34)/t19-/m0/s1. The number of para-hydroxylation sites is 4. The van der Waals surface area contributed by atoms with E-state index in [0.29, 0.717) is 29.4 Å². The first-order chi connectivity index (χ1) is 17.1. The van der Waals surface area contributed by atoms with E-state index in [9.17, 15) is 24.3 Å². The summed E-state index contributed by atoms with van der Waals surface area (Å²) in [6, 6.07) is 9.00. The molecule has 194 valence electrons. The zero-order valence-electron chi connectivity index (χ0n) is 19.6. The van der Waals surface area contributed by atoms with Gasteiger partial charge >= 0.3 is 24.0 Å². The molecule has 1 atom stereocenters. The molecule has 2 rings (SSSR count). The molecule has 4 N–H and O–H groups in total. The van der Waals surface area contributed by atoms with Crippen LogP contribution in [-0.2, 0) is 9.59 Å². The third kappa shape index (κ3) is 7.40. The van der Waals surface area contributed by atoms with E-state index >= 15 is 0 Å². The third-order valence-electron chi connectivity index (χ3n) is 5.04. The molecule has 11 nitrogen and oxygen atoms in total. The van der Waals surface area contributed by atoms with E-state index in [2.05, 4.69) is 10.6 Å². The maximum atomic E-state index is 13.3. The van der Waals surface area contributed by atoms with Crippen molar-refractivity contribution in [2.45, 2.75) is 32.7 Å². The van der Waals surface area contributed by atoms with Crippen molar-refractivity contribution in [3.8, 4) is 0 Å². The molecule has 4 amide bonds. The number of halogens is 2. The molecular weight excluding hydrogens is 513 g/mol. The molecule has 13 heteroatoms. The van der Waals surface area contributed by atoms with Gasteiger partial charge in [-0.05, 0) is 44.5 Å². The molecule has 2 aromatic carbocycles. The lowest BCUT2D eigenvalue weighted by Crippen LogP contribution is -2.52. The topological polar surface area (TPSA) is 143 Å². The summed E-state index contributed by atoms with van der Waals surface area (Å²) in [6.07, 6.45) is -1.10. The molecule has 36 heavy (non-hydrogen) atoms. The maximum absolute atomic E-state index is 13.3. The number of hydrogen-bond donors (Lipinski definition) is 4. The highest BCUT2D eigenvalue weighted by Gasteiger charge is 2.36. The van der Waals surface area contributed by atoms with Gasteiger partial charge in [0.05, 0.1) is 22.7 Å². The zero-order valence-corrected chi connectivity index (χ0v) is 21.2. The van der Waals surface area contributed by atoms with Crippen molar-refractivity contribution in [1.82, 2.24) is 4.90 Å². The van der Waals surface area contributed by atoms with Crippen LogP contribution in [0.2, 0.25) is 0 Å². The summed E-state index contributed by atoms with van der Waals surface area (Å²) in [6.45, 7) is 4.34. The molecule has 0 saturated carbocycles. The van der Waals surface area contributed by atoms with Crippen LogP contribution in [0.3, 0.4) is 0 Å². The van der Waals surface area contributed by atoms with E-state index in [-0.39, 0.29) is 11.4 Å². The van der Waals surface area contributed by atoms with Crippen LogP contribution in [0.5, 0.6) is 0 Å². The number of benzene rings is 2. The van der Waals surface area contributed by atoms with Crippen molar-refractivity contribution in [2.24, 2.45) is 0 Å². The molecule has 0 fully saturated rings. The van der Waals surface area contributed by atoms with Gasteiger partial charge in [0, 0.05) is 43.1 Å². The van der Waals surface area contributed by atoms with E-state index in [1.165, 1.54) is 21.0 Å². The molecule has 0 aliphatic rings. The number of anilines is 4. The number of carboxylic acids is 2. The Morgan fingerprint density at radius 2 is 1.22 bits per heavy atom. The summed E-state index contributed by atoms with van der Waals surface area (Å²) >= 11 is 12.4. The molecule has 0 saturated heterocycles. The van der Waals surface area contributed by atoms with Gasteiger partial charge in [0.2, 0.25) is 0 Å². The highest BCUT2D eigenvalue weighted by Crippen LogP contribution is 2.29. The minimum atomic E-state index is -1.78. The Balaban J connectivity index is 2.46. The lowest BCUT2D eigenvalue weighted by Gasteiger charge is -2.29. The summed E-state index contributed by atoms with van der Waals surface area (Å²) in [7, 11) is 0. The fourth-order valence-electron chi connectivity index (χ4n) is 3.27. The third-order valence-corrected chi connectivity index (χ3v) is 5.88. The van der Waals surface area contributed by atoms with E-state index in [1.807, 2.05) is 0 Å². The lowest BCUT2D eigenvalue weighted by atomic mass is 10.1. The van der Waals surface area contributed by atoms with Gasteiger partial charge in [-0.3, -0.25) is 13.6 Å². The highest BCUT2D eigenvalue weighted by molar-refractivity contribution is 6.27. The molecule has 0 bridgehead atoms. The van der Waals surface area contributed by atoms with Crippen molar-refractivity contribution in [3.63, 3.8) is 0 Å². The Morgan fingerprint density at radius 3 is 1.58 bits per heavy atom. The first-order valence-electron chi connectivity index (χ1n) is 11.0. The number of amides is 4. The zero-order chi connectivity index (χ0) is 26.8. The van der Waals surface area contributed by atoms with Crippen molar-refractivity contribution in [1.29, 1.82) is 0 Å². The maximum Gasteiger partial charge on any atom is 0.330 e. The van der Waals surface area contributed by atoms with Gasteiger partial charge in [0.15, 0.2) is 0 Å². The highest BCUT2D eigenvalue weighted by atomic mass is 35.5. The molecule has 0 spiro atoms. The summed E-state index contributed by atoms with van der Waals surface area (Å²) in [5, 5.41) is 23.9. The van der Waals surface area contributed by atoms with Crippen LogP contribution in [0.1, 0.15) is 26.7 Å². The van der Waals surface area contributed by atoms with Crippen LogP contribution in [0.15, 0.2) is 48.5 Å². The Bertz CT molecular complexity index is 1030. The van der Waals surface area contributed by atoms with Crippen LogP contribution in [0.25, 0.3) is 0 Å². The number of carboxylic acid groups (broad SMARTS) is 2. The second kappa shape index (κ2) is 13.4. The Kier molecular flexibility index (Phi) is 10.6. The summed E-state index contributed by atoms with van der Waals surface area (Å²) in [4.78, 5) is 50.3. The number of hydrogen-bond acceptors (Lipinski definition) is 6. The fraction of sp³-hybridized carbons (Fsp3) is 0.304. The number of rotatable bonds is 11. The first kappa shape index (κ1) is 28.5. The molecule has 0 unspecified atom stereocenters. The van der Waals surface area contributed by atoms with Crippen molar-refractivity contribution >= 4 is 70.3 Å². The quantitative estimate of drug-likeness (QED) is 0.291. The van der Waals surface area contributed by atoms with E-state index in [1.54, 1.807) is 50.2 Å². The Morgan fingerprint density at radius 1 is 0.806 bits per heavy atom. The lowest BCUT2D eigenvalue weighted by molar-refractivity contribution is -0.142. The smallest absolute Gasteiger partial charge is 0.330 e. The number of carbonyl (C=O) groups is 4. The number of imide groups is 1. The van der Waals surface area contributed by atoms with Crippen LogP contribution in [0.4, 0.5) is 32.3 Å². The van der Waals surface area contributed by atoms with Gasteiger partial charge in [-0.25, -0.2) is 19.3 Å². The van der Waals surface area contributed by atoms with E-state index < -0.39 is 42.9 Å². The molecule has 0 radical (unpaired) electrons.